The molecule has 3 heteroatoms. The van der Waals surface area contributed by atoms with Crippen LogP contribution in [-0.4, -0.2) is 23.4 Å². The highest BCUT2D eigenvalue weighted by Crippen LogP contribution is 2.16. The van der Waals surface area contributed by atoms with Gasteiger partial charge >= 0.3 is 0 Å². The van der Waals surface area contributed by atoms with E-state index in [9.17, 15) is 9.90 Å². The molecule has 1 aliphatic rings. The van der Waals surface area contributed by atoms with E-state index in [1.165, 1.54) is 12.2 Å². The fourth-order valence-electron chi connectivity index (χ4n) is 0.860. The van der Waals surface area contributed by atoms with Gasteiger partial charge in [0.2, 0.25) is 0 Å². The SMILES string of the molecule is [2H]C1(C=O)C=C(CCl)C=CC1O. The molecular weight excluding hydrogens is 164 g/mol. The topological polar surface area (TPSA) is 37.3 Å². The van der Waals surface area contributed by atoms with Gasteiger partial charge in [-0.1, -0.05) is 18.2 Å². The van der Waals surface area contributed by atoms with E-state index in [0.717, 1.165) is 0 Å². The van der Waals surface area contributed by atoms with Gasteiger partial charge in [0.05, 0.1) is 12.0 Å². The van der Waals surface area contributed by atoms with Gasteiger partial charge in [0.1, 0.15) is 6.29 Å². The summed E-state index contributed by atoms with van der Waals surface area (Å²) < 4.78 is 7.50. The van der Waals surface area contributed by atoms with Crippen LogP contribution in [0.15, 0.2) is 23.8 Å². The summed E-state index contributed by atoms with van der Waals surface area (Å²) in [6, 6.07) is 0. The number of allylic oxidation sites excluding steroid dienone is 2. The molecular formula is C8H9ClO2. The molecule has 0 bridgehead atoms. The number of alkyl halides is 1. The maximum atomic E-state index is 10.5. The largest absolute Gasteiger partial charge is 0.388 e. The molecule has 0 saturated carbocycles. The minimum absolute atomic E-state index is 0.248. The third-order valence-electron chi connectivity index (χ3n) is 1.48. The van der Waals surface area contributed by atoms with Crippen molar-refractivity contribution in [2.24, 2.45) is 5.89 Å². The summed E-state index contributed by atoms with van der Waals surface area (Å²) in [6.07, 6.45) is 3.74. The van der Waals surface area contributed by atoms with E-state index in [0.29, 0.717) is 11.9 Å². The molecule has 0 aromatic heterocycles. The number of aliphatic hydroxyl groups excluding tert-OH is 1. The molecule has 0 aromatic rings. The lowest BCUT2D eigenvalue weighted by atomic mass is 9.96. The van der Waals surface area contributed by atoms with Crippen LogP contribution in [0.25, 0.3) is 0 Å². The lowest BCUT2D eigenvalue weighted by molar-refractivity contribution is -0.111. The average molecular weight is 174 g/mol. The Balaban J connectivity index is 2.95. The molecule has 0 spiro atoms. The van der Waals surface area contributed by atoms with Crippen molar-refractivity contribution in [1.82, 2.24) is 0 Å². The highest BCUT2D eigenvalue weighted by Gasteiger charge is 2.16. The molecule has 1 N–H and O–H groups in total. The van der Waals surface area contributed by atoms with Gasteiger partial charge in [0.15, 0.2) is 0 Å². The molecule has 2 atom stereocenters. The molecule has 1 rings (SSSR count). The van der Waals surface area contributed by atoms with Crippen LogP contribution in [0.5, 0.6) is 0 Å². The summed E-state index contributed by atoms with van der Waals surface area (Å²) >= 11 is 5.51. The normalized spacial score (nSPS) is 37.8. The van der Waals surface area contributed by atoms with Gasteiger partial charge in [-0.3, -0.25) is 0 Å². The predicted octanol–water partition coefficient (Wildman–Crippen LogP) is 0.897. The van der Waals surface area contributed by atoms with Gasteiger partial charge in [-0.15, -0.1) is 11.6 Å². The summed E-state index contributed by atoms with van der Waals surface area (Å²) in [5.74, 6) is -1.31. The summed E-state index contributed by atoms with van der Waals surface area (Å²) in [5.41, 5.74) is 0.684. The third-order valence-corrected chi connectivity index (χ3v) is 1.79. The fraction of sp³-hybridized carbons (Fsp3) is 0.375. The van der Waals surface area contributed by atoms with E-state index >= 15 is 0 Å². The van der Waals surface area contributed by atoms with Gasteiger partial charge in [0.25, 0.3) is 0 Å². The van der Waals surface area contributed by atoms with Gasteiger partial charge in [-0.05, 0) is 5.57 Å². The number of aldehydes is 1. The highest BCUT2D eigenvalue weighted by molar-refractivity contribution is 6.19. The fourth-order valence-corrected chi connectivity index (χ4v) is 1.03. The van der Waals surface area contributed by atoms with E-state index in [2.05, 4.69) is 0 Å². The number of halogens is 1. The molecule has 11 heavy (non-hydrogen) atoms. The first-order valence-corrected chi connectivity index (χ1v) is 3.76. The van der Waals surface area contributed by atoms with Gasteiger partial charge in [0, 0.05) is 7.25 Å². The minimum Gasteiger partial charge on any atom is -0.388 e. The van der Waals surface area contributed by atoms with Crippen molar-refractivity contribution < 1.29 is 11.3 Å². The Hall–Kier alpha value is -0.600. The molecule has 60 valence electrons. The Kier molecular flexibility index (Phi) is 2.37. The van der Waals surface area contributed by atoms with Crippen LogP contribution in [0, 0.1) is 5.89 Å². The second kappa shape index (κ2) is 3.69. The zero-order valence-electron chi connectivity index (χ0n) is 6.83. The Morgan fingerprint density at radius 1 is 1.91 bits per heavy atom. The lowest BCUT2D eigenvalue weighted by Crippen LogP contribution is -2.20. The minimum atomic E-state index is -1.56. The summed E-state index contributed by atoms with van der Waals surface area (Å²) in [6.45, 7) is 0. The zero-order chi connectivity index (χ0) is 9.19. The summed E-state index contributed by atoms with van der Waals surface area (Å²) in [5, 5.41) is 9.25. The quantitative estimate of drug-likeness (QED) is 0.498. The van der Waals surface area contributed by atoms with Crippen molar-refractivity contribution in [3.8, 4) is 0 Å². The van der Waals surface area contributed by atoms with E-state index in [4.69, 9.17) is 13.0 Å². The third kappa shape index (κ3) is 1.91. The maximum Gasteiger partial charge on any atom is 0.129 e. The van der Waals surface area contributed by atoms with Crippen LogP contribution in [0.1, 0.15) is 1.37 Å². The number of rotatable bonds is 2. The van der Waals surface area contributed by atoms with Crippen LogP contribution < -0.4 is 0 Å². The number of hydrogen-bond acceptors (Lipinski definition) is 2. The first-order chi connectivity index (χ1) is 5.62. The van der Waals surface area contributed by atoms with Gasteiger partial charge in [-0.2, -0.15) is 0 Å². The molecule has 2 nitrogen and oxygen atoms in total. The maximum absolute atomic E-state index is 10.5. The molecule has 1 aliphatic carbocycles. The van der Waals surface area contributed by atoms with Crippen molar-refractivity contribution in [3.05, 3.63) is 23.8 Å². The van der Waals surface area contributed by atoms with Gasteiger partial charge in [-0.25, -0.2) is 0 Å². The van der Waals surface area contributed by atoms with Crippen molar-refractivity contribution in [1.29, 1.82) is 0 Å². The number of hydrogen-bond donors (Lipinski definition) is 1. The number of carbonyl (C=O) groups is 1. The molecule has 0 radical (unpaired) electrons. The molecule has 0 aromatic carbocycles. The molecule has 0 amide bonds. The molecule has 0 heterocycles. The lowest BCUT2D eigenvalue weighted by Gasteiger charge is -2.15. The average Bonchev–Trinajstić information content (AvgIpc) is 2.10. The van der Waals surface area contributed by atoms with Gasteiger partial charge < -0.3 is 9.90 Å². The second-order valence-electron chi connectivity index (χ2n) is 2.27. The Morgan fingerprint density at radius 3 is 3.18 bits per heavy atom. The molecule has 2 unspecified atom stereocenters. The van der Waals surface area contributed by atoms with Crippen molar-refractivity contribution in [2.45, 2.75) is 6.10 Å². The molecule has 0 saturated heterocycles. The van der Waals surface area contributed by atoms with Crippen LogP contribution >= 0.6 is 11.6 Å². The van der Waals surface area contributed by atoms with E-state index in [1.54, 1.807) is 6.08 Å². The van der Waals surface area contributed by atoms with Crippen molar-refractivity contribution in [3.63, 3.8) is 0 Å². The van der Waals surface area contributed by atoms with E-state index in [-0.39, 0.29) is 5.88 Å². The Labute approximate surface area is 71.6 Å². The monoisotopic (exact) mass is 173 g/mol. The second-order valence-corrected chi connectivity index (χ2v) is 2.54. The summed E-state index contributed by atoms with van der Waals surface area (Å²) in [4.78, 5) is 10.5. The van der Waals surface area contributed by atoms with E-state index < -0.39 is 12.0 Å². The number of carbonyl (C=O) groups excluding carboxylic acids is 1. The van der Waals surface area contributed by atoms with Crippen molar-refractivity contribution >= 4 is 17.9 Å². The van der Waals surface area contributed by atoms with Crippen molar-refractivity contribution in [2.75, 3.05) is 5.88 Å². The summed E-state index contributed by atoms with van der Waals surface area (Å²) in [7, 11) is 0. The van der Waals surface area contributed by atoms with Crippen LogP contribution in [-0.2, 0) is 4.79 Å². The zero-order valence-corrected chi connectivity index (χ0v) is 6.58. The molecule has 0 aliphatic heterocycles. The van der Waals surface area contributed by atoms with E-state index in [1.807, 2.05) is 0 Å². The van der Waals surface area contributed by atoms with Crippen LogP contribution in [0.3, 0.4) is 0 Å². The Bertz CT molecular complexity index is 249. The van der Waals surface area contributed by atoms with Crippen LogP contribution in [0.4, 0.5) is 0 Å². The predicted molar refractivity (Wildman–Crippen MR) is 43.5 cm³/mol. The first kappa shape index (κ1) is 7.07. The molecule has 0 fully saturated rings. The smallest absolute Gasteiger partial charge is 0.129 e. The highest BCUT2D eigenvalue weighted by atomic mass is 35.5. The van der Waals surface area contributed by atoms with Crippen LogP contribution in [0.2, 0.25) is 0 Å². The first-order valence-electron chi connectivity index (χ1n) is 3.72. The standard InChI is InChI=1S/C8H9ClO2/c9-4-6-1-2-8(11)7(3-6)5-10/h1-3,5,7-8,11H,4H2/i7D. The number of aliphatic hydroxyl groups is 1. The Morgan fingerprint density at radius 2 is 2.64 bits per heavy atom.